The molecule has 2 aromatic rings. The molecule has 0 fully saturated rings. The van der Waals surface area contributed by atoms with E-state index in [4.69, 9.17) is 5.73 Å². The van der Waals surface area contributed by atoms with E-state index in [1.807, 2.05) is 13.0 Å². The molecular weight excluding hydrogens is 377 g/mol. The average Bonchev–Trinajstić information content (AvgIpc) is 2.63. The third kappa shape index (κ3) is 5.58. The lowest BCUT2D eigenvalue weighted by atomic mass is 10.1. The number of anilines is 1. The van der Waals surface area contributed by atoms with E-state index >= 15 is 0 Å². The van der Waals surface area contributed by atoms with E-state index in [0.29, 0.717) is 10.6 Å². The lowest BCUT2D eigenvalue weighted by Crippen LogP contribution is -2.26. The summed E-state index contributed by atoms with van der Waals surface area (Å²) in [5, 5.41) is 4.22. The number of amides is 1. The first-order valence-corrected chi connectivity index (χ1v) is 8.65. The summed E-state index contributed by atoms with van der Waals surface area (Å²) in [5.74, 6) is -0.790. The molecular formula is C18H17F3N4OS. The van der Waals surface area contributed by atoms with E-state index in [0.717, 1.165) is 6.07 Å². The van der Waals surface area contributed by atoms with Crippen LogP contribution in [0.25, 0.3) is 4.91 Å². The van der Waals surface area contributed by atoms with Gasteiger partial charge in [0, 0.05) is 11.4 Å². The molecule has 1 aromatic carbocycles. The largest absolute Gasteiger partial charge is 0.416 e. The minimum atomic E-state index is -4.50. The zero-order valence-electron chi connectivity index (χ0n) is 14.4. The molecule has 0 atom stereocenters. The monoisotopic (exact) mass is 394 g/mol. The van der Waals surface area contributed by atoms with Gasteiger partial charge in [0.1, 0.15) is 5.69 Å². The summed E-state index contributed by atoms with van der Waals surface area (Å²) in [6.07, 6.45) is -2.69. The molecule has 1 aromatic heterocycles. The van der Waals surface area contributed by atoms with Gasteiger partial charge in [0.2, 0.25) is 5.95 Å². The molecule has 0 aliphatic heterocycles. The summed E-state index contributed by atoms with van der Waals surface area (Å²) >= 11 is 1.30. The molecule has 2 rings (SSSR count). The van der Waals surface area contributed by atoms with Gasteiger partial charge < -0.3 is 11.1 Å². The molecule has 9 heteroatoms. The SMILES string of the molecule is C=C(S/C=C\C)c1cc(C(=O)NCc2ccccc2C(F)(F)F)nc(N)n1. The minimum absolute atomic E-state index is 0.0475. The fraction of sp³-hybridized carbons (Fsp3) is 0.167. The molecule has 5 nitrogen and oxygen atoms in total. The smallest absolute Gasteiger partial charge is 0.368 e. The lowest BCUT2D eigenvalue weighted by molar-refractivity contribution is -0.138. The van der Waals surface area contributed by atoms with Crippen molar-refractivity contribution in [3.8, 4) is 0 Å². The van der Waals surface area contributed by atoms with Crippen LogP contribution in [-0.4, -0.2) is 15.9 Å². The average molecular weight is 394 g/mol. The molecule has 0 spiro atoms. The first-order valence-electron chi connectivity index (χ1n) is 7.77. The van der Waals surface area contributed by atoms with Gasteiger partial charge in [-0.2, -0.15) is 13.2 Å². The molecule has 1 heterocycles. The number of benzene rings is 1. The third-order valence-corrected chi connectivity index (χ3v) is 4.27. The Kier molecular flexibility index (Phi) is 6.62. The second-order valence-corrected chi connectivity index (χ2v) is 6.35. The number of alkyl halides is 3. The Balaban J connectivity index is 2.18. The number of thioether (sulfide) groups is 1. The van der Waals surface area contributed by atoms with Crippen LogP contribution >= 0.6 is 11.8 Å². The molecule has 0 saturated carbocycles. The number of rotatable bonds is 6. The van der Waals surface area contributed by atoms with Gasteiger partial charge >= 0.3 is 6.18 Å². The Labute approximate surface area is 158 Å². The first-order chi connectivity index (χ1) is 12.7. The van der Waals surface area contributed by atoms with Crippen molar-refractivity contribution in [1.29, 1.82) is 0 Å². The fourth-order valence-electron chi connectivity index (χ4n) is 2.15. The Morgan fingerprint density at radius 1 is 1.30 bits per heavy atom. The summed E-state index contributed by atoms with van der Waals surface area (Å²) in [7, 11) is 0. The van der Waals surface area contributed by atoms with Crippen molar-refractivity contribution in [3.05, 3.63) is 70.9 Å². The molecule has 0 saturated heterocycles. The van der Waals surface area contributed by atoms with E-state index in [1.165, 1.54) is 36.0 Å². The van der Waals surface area contributed by atoms with Gasteiger partial charge in [0.05, 0.1) is 11.3 Å². The Hall–Kier alpha value is -2.81. The zero-order chi connectivity index (χ0) is 20.0. The second kappa shape index (κ2) is 8.72. The van der Waals surface area contributed by atoms with Crippen molar-refractivity contribution in [3.63, 3.8) is 0 Å². The lowest BCUT2D eigenvalue weighted by Gasteiger charge is -2.13. The van der Waals surface area contributed by atoms with E-state index in [1.54, 1.807) is 5.41 Å². The number of halogens is 3. The minimum Gasteiger partial charge on any atom is -0.368 e. The molecule has 3 N–H and O–H groups in total. The number of carbonyl (C=O) groups is 1. The molecule has 0 bridgehead atoms. The summed E-state index contributed by atoms with van der Waals surface area (Å²) < 4.78 is 39.1. The maximum Gasteiger partial charge on any atom is 0.416 e. The van der Waals surface area contributed by atoms with Gasteiger partial charge in [-0.25, -0.2) is 9.97 Å². The fourth-order valence-corrected chi connectivity index (χ4v) is 2.68. The van der Waals surface area contributed by atoms with Gasteiger partial charge in [0.15, 0.2) is 0 Å². The van der Waals surface area contributed by atoms with E-state index in [9.17, 15) is 18.0 Å². The Bertz CT molecular complexity index is 881. The van der Waals surface area contributed by atoms with Crippen LogP contribution in [0, 0.1) is 0 Å². The van der Waals surface area contributed by atoms with Crippen LogP contribution in [0.2, 0.25) is 0 Å². The summed E-state index contributed by atoms with van der Waals surface area (Å²) in [6.45, 7) is 5.38. The van der Waals surface area contributed by atoms with Gasteiger partial charge in [-0.3, -0.25) is 4.79 Å². The number of hydrogen-bond donors (Lipinski definition) is 2. The highest BCUT2D eigenvalue weighted by Crippen LogP contribution is 2.31. The van der Waals surface area contributed by atoms with Crippen LogP contribution < -0.4 is 11.1 Å². The number of aromatic nitrogens is 2. The maximum absolute atomic E-state index is 13.0. The molecule has 0 aliphatic rings. The van der Waals surface area contributed by atoms with E-state index in [-0.39, 0.29) is 23.8 Å². The molecule has 0 unspecified atom stereocenters. The molecule has 27 heavy (non-hydrogen) atoms. The maximum atomic E-state index is 13.0. The highest BCUT2D eigenvalue weighted by molar-refractivity contribution is 8.10. The molecule has 0 aliphatic carbocycles. The second-order valence-electron chi connectivity index (χ2n) is 5.34. The number of nitrogens with zero attached hydrogens (tertiary/aromatic N) is 2. The number of carbonyl (C=O) groups excluding carboxylic acids is 1. The summed E-state index contributed by atoms with van der Waals surface area (Å²) in [5.41, 5.74) is 5.10. The number of nitrogens with two attached hydrogens (primary N) is 1. The van der Waals surface area contributed by atoms with Crippen LogP contribution in [0.15, 0.2) is 48.4 Å². The first kappa shape index (κ1) is 20.5. The molecule has 1 amide bonds. The van der Waals surface area contributed by atoms with Crippen molar-refractivity contribution in [2.24, 2.45) is 0 Å². The van der Waals surface area contributed by atoms with Gasteiger partial charge in [-0.1, -0.05) is 42.6 Å². The van der Waals surface area contributed by atoms with Gasteiger partial charge in [0.25, 0.3) is 5.91 Å². The van der Waals surface area contributed by atoms with Gasteiger partial charge in [-0.05, 0) is 30.0 Å². The van der Waals surface area contributed by atoms with Gasteiger partial charge in [-0.15, -0.1) is 0 Å². The Morgan fingerprint density at radius 3 is 2.63 bits per heavy atom. The number of nitrogens with one attached hydrogen (secondary N) is 1. The molecule has 142 valence electrons. The third-order valence-electron chi connectivity index (χ3n) is 3.37. The van der Waals surface area contributed by atoms with E-state index in [2.05, 4.69) is 21.9 Å². The molecule has 0 radical (unpaired) electrons. The Morgan fingerprint density at radius 2 is 1.96 bits per heavy atom. The van der Waals surface area contributed by atoms with Crippen molar-refractivity contribution < 1.29 is 18.0 Å². The summed E-state index contributed by atoms with van der Waals surface area (Å²) in [6, 6.07) is 6.42. The summed E-state index contributed by atoms with van der Waals surface area (Å²) in [4.78, 5) is 20.7. The van der Waals surface area contributed by atoms with Crippen molar-refractivity contribution in [1.82, 2.24) is 15.3 Å². The highest BCUT2D eigenvalue weighted by Gasteiger charge is 2.32. The van der Waals surface area contributed by atoms with Crippen molar-refractivity contribution in [2.75, 3.05) is 5.73 Å². The van der Waals surface area contributed by atoms with Crippen molar-refractivity contribution in [2.45, 2.75) is 19.6 Å². The van der Waals surface area contributed by atoms with Crippen LogP contribution in [0.4, 0.5) is 19.1 Å². The quantitative estimate of drug-likeness (QED) is 0.766. The normalized spacial score (nSPS) is 11.6. The van der Waals surface area contributed by atoms with Crippen LogP contribution in [0.3, 0.4) is 0 Å². The van der Waals surface area contributed by atoms with E-state index < -0.39 is 17.6 Å². The number of hydrogen-bond acceptors (Lipinski definition) is 5. The predicted octanol–water partition coefficient (Wildman–Crippen LogP) is 4.25. The predicted molar refractivity (Wildman–Crippen MR) is 100 cm³/mol. The van der Waals surface area contributed by atoms with Crippen molar-refractivity contribution >= 4 is 28.5 Å². The van der Waals surface area contributed by atoms with Crippen LogP contribution in [-0.2, 0) is 12.7 Å². The zero-order valence-corrected chi connectivity index (χ0v) is 15.2. The highest BCUT2D eigenvalue weighted by atomic mass is 32.2. The standard InChI is InChI=1S/C18H17F3N4OS/c1-3-8-27-11(2)14-9-15(25-17(22)24-14)16(26)23-10-12-6-4-5-7-13(12)18(19,20)21/h3-9H,2,10H2,1H3,(H,23,26)(H2,22,24,25)/b8-3-. The number of allylic oxidation sites excluding steroid dienone is 1. The number of nitrogen functional groups attached to an aromatic ring is 1. The topological polar surface area (TPSA) is 80.9 Å². The van der Waals surface area contributed by atoms with Crippen LogP contribution in [0.5, 0.6) is 0 Å². The van der Waals surface area contributed by atoms with Crippen LogP contribution in [0.1, 0.15) is 34.2 Å².